The second-order valence-electron chi connectivity index (χ2n) is 5.52. The normalized spacial score (nSPS) is 19.0. The van der Waals surface area contributed by atoms with Crippen molar-refractivity contribution in [3.05, 3.63) is 33.9 Å². The van der Waals surface area contributed by atoms with E-state index in [1.807, 2.05) is 0 Å². The van der Waals surface area contributed by atoms with Gasteiger partial charge >= 0.3 is 0 Å². The van der Waals surface area contributed by atoms with Crippen molar-refractivity contribution in [3.8, 4) is 0 Å². The van der Waals surface area contributed by atoms with E-state index in [4.69, 9.17) is 11.6 Å². The summed E-state index contributed by atoms with van der Waals surface area (Å²) in [5, 5.41) is 4.12. The Kier molecular flexibility index (Phi) is 4.66. The van der Waals surface area contributed by atoms with Gasteiger partial charge in [-0.05, 0) is 44.1 Å². The van der Waals surface area contributed by atoms with Gasteiger partial charge in [0, 0.05) is 22.7 Å². The minimum absolute atomic E-state index is 0.172. The Hall–Kier alpha value is -1.17. The molecule has 0 radical (unpaired) electrons. The summed E-state index contributed by atoms with van der Waals surface area (Å²) in [6.07, 6.45) is 2.29. The number of carbonyl (C=O) groups excluding carboxylic acids is 1. The first-order valence-electron chi connectivity index (χ1n) is 7.50. The Bertz CT molecular complexity index is 703. The molecule has 2 aromatic rings. The lowest BCUT2D eigenvalue weighted by Crippen LogP contribution is -2.39. The molecule has 0 bridgehead atoms. The van der Waals surface area contributed by atoms with Crippen molar-refractivity contribution < 1.29 is 9.18 Å². The maximum Gasteiger partial charge on any atom is 0.262 e. The molecule has 1 aliphatic heterocycles. The lowest BCUT2D eigenvalue weighted by Gasteiger charge is -2.22. The number of likely N-dealkylation sites (N-methyl/N-ethyl adjacent to an activating group) is 1. The molecule has 1 aromatic heterocycles. The molecule has 1 aromatic carbocycles. The van der Waals surface area contributed by atoms with Gasteiger partial charge in [-0.25, -0.2) is 4.39 Å². The van der Waals surface area contributed by atoms with Crippen LogP contribution in [0.2, 0.25) is 5.02 Å². The molecule has 1 aliphatic rings. The molecule has 22 heavy (non-hydrogen) atoms. The van der Waals surface area contributed by atoms with Crippen LogP contribution in [0.5, 0.6) is 0 Å². The van der Waals surface area contributed by atoms with Crippen LogP contribution in [0.4, 0.5) is 4.39 Å². The van der Waals surface area contributed by atoms with Gasteiger partial charge in [0.1, 0.15) is 10.7 Å². The zero-order valence-electron chi connectivity index (χ0n) is 12.4. The smallest absolute Gasteiger partial charge is 0.262 e. The van der Waals surface area contributed by atoms with Gasteiger partial charge in [-0.1, -0.05) is 18.5 Å². The van der Waals surface area contributed by atoms with Crippen molar-refractivity contribution in [2.45, 2.75) is 25.8 Å². The van der Waals surface area contributed by atoms with Crippen molar-refractivity contribution in [2.75, 3.05) is 19.6 Å². The van der Waals surface area contributed by atoms with E-state index in [0.717, 1.165) is 24.9 Å². The summed E-state index contributed by atoms with van der Waals surface area (Å²) in [7, 11) is 0. The zero-order valence-corrected chi connectivity index (χ0v) is 13.9. The standard InChI is InChI=1S/C16H18ClFN2OS/c1-2-20-7-3-4-11(20)9-19-16(21)15-14(17)12-6-5-10(18)8-13(12)22-15/h5-6,8,11H,2-4,7,9H2,1H3,(H,19,21)/t11-/m1/s1. The molecule has 118 valence electrons. The van der Waals surface area contributed by atoms with E-state index >= 15 is 0 Å². The van der Waals surface area contributed by atoms with E-state index in [1.165, 1.54) is 29.9 Å². The van der Waals surface area contributed by atoms with E-state index < -0.39 is 0 Å². The van der Waals surface area contributed by atoms with Gasteiger partial charge in [0.05, 0.1) is 5.02 Å². The van der Waals surface area contributed by atoms with Gasteiger partial charge in [0.15, 0.2) is 0 Å². The number of thiophene rings is 1. The van der Waals surface area contributed by atoms with Crippen LogP contribution < -0.4 is 5.32 Å². The third-order valence-electron chi connectivity index (χ3n) is 4.20. The summed E-state index contributed by atoms with van der Waals surface area (Å²) >= 11 is 7.51. The number of carbonyl (C=O) groups is 1. The molecule has 3 rings (SSSR count). The summed E-state index contributed by atoms with van der Waals surface area (Å²) in [6, 6.07) is 4.80. The number of amides is 1. The third kappa shape index (κ3) is 2.98. The Morgan fingerprint density at radius 1 is 1.55 bits per heavy atom. The van der Waals surface area contributed by atoms with Crippen LogP contribution in [-0.2, 0) is 0 Å². The molecule has 1 atom stereocenters. The van der Waals surface area contributed by atoms with Crippen molar-refractivity contribution in [1.82, 2.24) is 10.2 Å². The summed E-state index contributed by atoms with van der Waals surface area (Å²) in [5.74, 6) is -0.489. The molecule has 1 amide bonds. The molecule has 1 N–H and O–H groups in total. The number of nitrogens with zero attached hydrogens (tertiary/aromatic N) is 1. The highest BCUT2D eigenvalue weighted by Gasteiger charge is 2.24. The molecule has 6 heteroatoms. The summed E-state index contributed by atoms with van der Waals surface area (Å²) in [5.41, 5.74) is 0. The van der Waals surface area contributed by atoms with E-state index in [0.29, 0.717) is 27.2 Å². The SMILES string of the molecule is CCN1CCC[C@@H]1CNC(=O)c1sc2cc(F)ccc2c1Cl. The van der Waals surface area contributed by atoms with Crippen LogP contribution in [0.15, 0.2) is 18.2 Å². The van der Waals surface area contributed by atoms with E-state index in [-0.39, 0.29) is 11.7 Å². The zero-order chi connectivity index (χ0) is 15.7. The Morgan fingerprint density at radius 2 is 2.36 bits per heavy atom. The molecule has 0 aliphatic carbocycles. The molecule has 0 spiro atoms. The first-order valence-corrected chi connectivity index (χ1v) is 8.69. The van der Waals surface area contributed by atoms with Gasteiger partial charge < -0.3 is 5.32 Å². The predicted molar refractivity (Wildman–Crippen MR) is 89.4 cm³/mol. The first-order chi connectivity index (χ1) is 10.6. The molecular formula is C16H18ClFN2OS. The monoisotopic (exact) mass is 340 g/mol. The fraction of sp³-hybridized carbons (Fsp3) is 0.438. The summed E-state index contributed by atoms with van der Waals surface area (Å²) < 4.78 is 14.0. The Labute approximate surface area is 138 Å². The molecule has 2 heterocycles. The third-order valence-corrected chi connectivity index (χ3v) is 5.86. The van der Waals surface area contributed by atoms with Crippen LogP contribution in [0.1, 0.15) is 29.4 Å². The van der Waals surface area contributed by atoms with Gasteiger partial charge in [-0.15, -0.1) is 11.3 Å². The number of nitrogens with one attached hydrogen (secondary N) is 1. The number of fused-ring (bicyclic) bond motifs is 1. The fourth-order valence-corrected chi connectivity index (χ4v) is 4.48. The first kappa shape index (κ1) is 15.7. The van der Waals surface area contributed by atoms with Crippen molar-refractivity contribution in [2.24, 2.45) is 0 Å². The molecule has 0 unspecified atom stereocenters. The molecular weight excluding hydrogens is 323 g/mol. The highest BCUT2D eigenvalue weighted by Crippen LogP contribution is 2.35. The molecule has 3 nitrogen and oxygen atoms in total. The topological polar surface area (TPSA) is 32.3 Å². The van der Waals surface area contributed by atoms with Gasteiger partial charge in [0.2, 0.25) is 0 Å². The van der Waals surface area contributed by atoms with Crippen molar-refractivity contribution >= 4 is 38.9 Å². The maximum atomic E-state index is 13.3. The van der Waals surface area contributed by atoms with E-state index in [1.54, 1.807) is 6.07 Å². The van der Waals surface area contributed by atoms with Gasteiger partial charge in [-0.2, -0.15) is 0 Å². The van der Waals surface area contributed by atoms with Crippen molar-refractivity contribution in [1.29, 1.82) is 0 Å². The van der Waals surface area contributed by atoms with E-state index in [9.17, 15) is 9.18 Å². The number of rotatable bonds is 4. The Morgan fingerprint density at radius 3 is 3.14 bits per heavy atom. The number of benzene rings is 1. The van der Waals surface area contributed by atoms with Crippen LogP contribution >= 0.6 is 22.9 Å². The van der Waals surface area contributed by atoms with Crippen LogP contribution in [0, 0.1) is 5.82 Å². The highest BCUT2D eigenvalue weighted by atomic mass is 35.5. The average molecular weight is 341 g/mol. The van der Waals surface area contributed by atoms with Crippen LogP contribution in [-0.4, -0.2) is 36.5 Å². The lowest BCUT2D eigenvalue weighted by atomic mass is 10.2. The predicted octanol–water partition coefficient (Wildman–Crippen LogP) is 3.91. The van der Waals surface area contributed by atoms with Gasteiger partial charge in [0.25, 0.3) is 5.91 Å². The molecule has 1 fully saturated rings. The quantitative estimate of drug-likeness (QED) is 0.915. The lowest BCUT2D eigenvalue weighted by molar-refractivity contribution is 0.0945. The second-order valence-corrected chi connectivity index (χ2v) is 6.95. The number of hydrogen-bond acceptors (Lipinski definition) is 3. The van der Waals surface area contributed by atoms with Crippen LogP contribution in [0.3, 0.4) is 0 Å². The number of likely N-dealkylation sites (tertiary alicyclic amines) is 1. The van der Waals surface area contributed by atoms with Gasteiger partial charge in [-0.3, -0.25) is 9.69 Å². The minimum atomic E-state index is -0.318. The number of halogens is 2. The summed E-state index contributed by atoms with van der Waals surface area (Å²) in [6.45, 7) is 4.87. The highest BCUT2D eigenvalue weighted by molar-refractivity contribution is 7.21. The Balaban J connectivity index is 1.73. The molecule has 1 saturated heterocycles. The van der Waals surface area contributed by atoms with Crippen molar-refractivity contribution in [3.63, 3.8) is 0 Å². The minimum Gasteiger partial charge on any atom is -0.350 e. The maximum absolute atomic E-state index is 13.3. The summed E-state index contributed by atoms with van der Waals surface area (Å²) in [4.78, 5) is 15.2. The van der Waals surface area contributed by atoms with Crippen LogP contribution in [0.25, 0.3) is 10.1 Å². The second kappa shape index (κ2) is 6.52. The average Bonchev–Trinajstić information content (AvgIpc) is 3.09. The largest absolute Gasteiger partial charge is 0.350 e. The van der Waals surface area contributed by atoms with E-state index in [2.05, 4.69) is 17.1 Å². The molecule has 0 saturated carbocycles. The number of hydrogen-bond donors (Lipinski definition) is 1. The fourth-order valence-electron chi connectivity index (χ4n) is 3.02.